The molecule has 6 heteroatoms. The van der Waals surface area contributed by atoms with Crippen LogP contribution in [0.5, 0.6) is 17.2 Å². The Hall–Kier alpha value is -2.56. The number of anilines is 1. The van der Waals surface area contributed by atoms with Crippen molar-refractivity contribution in [1.29, 1.82) is 0 Å². The van der Waals surface area contributed by atoms with Gasteiger partial charge in [0.15, 0.2) is 11.5 Å². The van der Waals surface area contributed by atoms with E-state index in [9.17, 15) is 0 Å². The van der Waals surface area contributed by atoms with Gasteiger partial charge in [-0.25, -0.2) is 0 Å². The van der Waals surface area contributed by atoms with E-state index < -0.39 is 0 Å². The average molecular weight is 432 g/mol. The predicted molar refractivity (Wildman–Crippen MR) is 119 cm³/mol. The molecular weight excluding hydrogens is 409 g/mol. The van der Waals surface area contributed by atoms with E-state index in [1.165, 1.54) is 0 Å². The fourth-order valence-corrected chi connectivity index (χ4v) is 3.32. The highest BCUT2D eigenvalue weighted by Crippen LogP contribution is 2.37. The largest absolute Gasteiger partial charge is 0.497 e. The first-order chi connectivity index (χ1) is 14.1. The monoisotopic (exact) mass is 431 g/mol. The lowest BCUT2D eigenvalue weighted by atomic mass is 10.2. The molecule has 3 aromatic rings. The van der Waals surface area contributed by atoms with Gasteiger partial charge in [0.25, 0.3) is 0 Å². The highest BCUT2D eigenvalue weighted by Gasteiger charge is 2.13. The molecule has 0 aliphatic rings. The fraction of sp³-hybridized carbons (Fsp3) is 0.217. The molecule has 152 valence electrons. The van der Waals surface area contributed by atoms with Crippen LogP contribution in [-0.2, 0) is 13.2 Å². The van der Waals surface area contributed by atoms with Gasteiger partial charge in [-0.15, -0.1) is 0 Å². The van der Waals surface area contributed by atoms with Crippen molar-refractivity contribution < 1.29 is 14.2 Å². The normalized spacial score (nSPS) is 10.5. The minimum Gasteiger partial charge on any atom is -0.497 e. The maximum atomic E-state index is 6.51. The lowest BCUT2D eigenvalue weighted by Gasteiger charge is -2.16. The predicted octanol–water partition coefficient (Wildman–Crippen LogP) is 6.59. The summed E-state index contributed by atoms with van der Waals surface area (Å²) < 4.78 is 16.9. The van der Waals surface area contributed by atoms with Crippen LogP contribution in [-0.4, -0.2) is 13.7 Å². The van der Waals surface area contributed by atoms with Gasteiger partial charge in [0.05, 0.1) is 18.7 Å². The van der Waals surface area contributed by atoms with E-state index in [4.69, 9.17) is 37.4 Å². The van der Waals surface area contributed by atoms with Gasteiger partial charge in [-0.2, -0.15) is 0 Å². The van der Waals surface area contributed by atoms with Crippen LogP contribution in [0.15, 0.2) is 60.7 Å². The molecule has 0 heterocycles. The number of methoxy groups -OCH3 is 1. The van der Waals surface area contributed by atoms with Crippen molar-refractivity contribution >= 4 is 28.9 Å². The second-order valence-electron chi connectivity index (χ2n) is 6.34. The van der Waals surface area contributed by atoms with Crippen molar-refractivity contribution in [3.63, 3.8) is 0 Å². The summed E-state index contributed by atoms with van der Waals surface area (Å²) in [5.74, 6) is 1.97. The van der Waals surface area contributed by atoms with Crippen molar-refractivity contribution in [3.05, 3.63) is 81.8 Å². The van der Waals surface area contributed by atoms with Gasteiger partial charge < -0.3 is 19.5 Å². The van der Waals surface area contributed by atoms with Crippen LogP contribution in [0.4, 0.5) is 5.69 Å². The number of benzene rings is 3. The van der Waals surface area contributed by atoms with Crippen molar-refractivity contribution in [2.45, 2.75) is 20.1 Å². The van der Waals surface area contributed by atoms with Crippen LogP contribution < -0.4 is 19.5 Å². The Labute approximate surface area is 181 Å². The van der Waals surface area contributed by atoms with Crippen LogP contribution in [0, 0.1) is 0 Å². The molecule has 29 heavy (non-hydrogen) atoms. The number of nitrogens with one attached hydrogen (secondary N) is 1. The summed E-state index contributed by atoms with van der Waals surface area (Å²) in [4.78, 5) is 0. The fourth-order valence-electron chi connectivity index (χ4n) is 2.82. The van der Waals surface area contributed by atoms with E-state index in [1.807, 2.05) is 67.6 Å². The Kier molecular flexibility index (Phi) is 7.50. The third-order valence-corrected chi connectivity index (χ3v) is 4.74. The van der Waals surface area contributed by atoms with Gasteiger partial charge >= 0.3 is 0 Å². The van der Waals surface area contributed by atoms with E-state index in [0.717, 1.165) is 22.6 Å². The summed E-state index contributed by atoms with van der Waals surface area (Å²) in [7, 11) is 1.65. The first-order valence-corrected chi connectivity index (χ1v) is 10.0. The molecule has 1 N–H and O–H groups in total. The molecule has 0 saturated heterocycles. The first kappa shape index (κ1) is 21.2. The summed E-state index contributed by atoms with van der Waals surface area (Å²) in [5.41, 5.74) is 2.94. The van der Waals surface area contributed by atoms with Gasteiger partial charge in [-0.05, 0) is 66.6 Å². The summed E-state index contributed by atoms with van der Waals surface area (Å²) in [6.07, 6.45) is 0. The number of hydrogen-bond acceptors (Lipinski definition) is 4. The smallest absolute Gasteiger partial charge is 0.180 e. The minimum atomic E-state index is 0.351. The van der Waals surface area contributed by atoms with Crippen LogP contribution in [0.2, 0.25) is 10.0 Å². The van der Waals surface area contributed by atoms with Crippen molar-refractivity contribution in [2.75, 3.05) is 19.0 Å². The van der Waals surface area contributed by atoms with E-state index in [0.29, 0.717) is 41.3 Å². The molecule has 0 bridgehead atoms. The number of rotatable bonds is 9. The molecular formula is C23H23Cl2NO3. The second-order valence-corrected chi connectivity index (χ2v) is 7.18. The molecule has 0 aromatic heterocycles. The molecule has 0 atom stereocenters. The zero-order valence-electron chi connectivity index (χ0n) is 16.4. The van der Waals surface area contributed by atoms with Gasteiger partial charge in [0.2, 0.25) is 0 Å². The highest BCUT2D eigenvalue weighted by molar-refractivity contribution is 6.32. The summed E-state index contributed by atoms with van der Waals surface area (Å²) >= 11 is 12.6. The lowest BCUT2D eigenvalue weighted by Crippen LogP contribution is -2.04. The van der Waals surface area contributed by atoms with Crippen molar-refractivity contribution in [1.82, 2.24) is 0 Å². The number of hydrogen-bond donors (Lipinski definition) is 1. The third kappa shape index (κ3) is 5.96. The zero-order valence-corrected chi connectivity index (χ0v) is 17.9. The Morgan fingerprint density at radius 3 is 2.38 bits per heavy atom. The Morgan fingerprint density at radius 1 is 0.897 bits per heavy atom. The lowest BCUT2D eigenvalue weighted by molar-refractivity contribution is 0.269. The summed E-state index contributed by atoms with van der Waals surface area (Å²) in [6.45, 7) is 3.39. The standard InChI is InChI=1S/C23H23Cl2NO3/c1-3-28-22-13-17(14-26-19-7-9-20(27-2)10-8-19)12-21(25)23(22)29-15-16-5-4-6-18(24)11-16/h4-13,26H,3,14-15H2,1-2H3. The second kappa shape index (κ2) is 10.3. The van der Waals surface area contributed by atoms with Crippen molar-refractivity contribution in [3.8, 4) is 17.2 Å². The van der Waals surface area contributed by atoms with E-state index >= 15 is 0 Å². The van der Waals surface area contributed by atoms with Gasteiger partial charge in [0, 0.05) is 17.3 Å². The molecule has 0 aliphatic carbocycles. The molecule has 0 saturated carbocycles. The molecule has 0 amide bonds. The summed E-state index contributed by atoms with van der Waals surface area (Å²) in [6, 6.07) is 19.1. The minimum absolute atomic E-state index is 0.351. The van der Waals surface area contributed by atoms with Gasteiger partial charge in [-0.3, -0.25) is 0 Å². The average Bonchev–Trinajstić information content (AvgIpc) is 2.72. The zero-order chi connectivity index (χ0) is 20.6. The van der Waals surface area contributed by atoms with Crippen LogP contribution in [0.25, 0.3) is 0 Å². The van der Waals surface area contributed by atoms with Crippen LogP contribution in [0.1, 0.15) is 18.1 Å². The molecule has 3 rings (SSSR count). The molecule has 0 fully saturated rings. The Morgan fingerprint density at radius 2 is 1.69 bits per heavy atom. The topological polar surface area (TPSA) is 39.7 Å². The van der Waals surface area contributed by atoms with Crippen LogP contribution in [0.3, 0.4) is 0 Å². The van der Waals surface area contributed by atoms with E-state index in [-0.39, 0.29) is 0 Å². The number of halogens is 2. The molecule has 4 nitrogen and oxygen atoms in total. The maximum absolute atomic E-state index is 6.51. The van der Waals surface area contributed by atoms with Gasteiger partial charge in [-0.1, -0.05) is 35.3 Å². The summed E-state index contributed by atoms with van der Waals surface area (Å²) in [5, 5.41) is 4.54. The Bertz CT molecular complexity index is 945. The van der Waals surface area contributed by atoms with E-state index in [1.54, 1.807) is 7.11 Å². The molecule has 0 unspecified atom stereocenters. The molecule has 0 radical (unpaired) electrons. The van der Waals surface area contributed by atoms with Crippen molar-refractivity contribution in [2.24, 2.45) is 0 Å². The molecule has 0 aliphatic heterocycles. The molecule has 3 aromatic carbocycles. The quantitative estimate of drug-likeness (QED) is 0.414. The highest BCUT2D eigenvalue weighted by atomic mass is 35.5. The third-order valence-electron chi connectivity index (χ3n) is 4.23. The van der Waals surface area contributed by atoms with Crippen LogP contribution >= 0.6 is 23.2 Å². The first-order valence-electron chi connectivity index (χ1n) is 9.29. The molecule has 0 spiro atoms. The van der Waals surface area contributed by atoms with Gasteiger partial charge in [0.1, 0.15) is 12.4 Å². The maximum Gasteiger partial charge on any atom is 0.180 e. The number of ether oxygens (including phenoxy) is 3. The van der Waals surface area contributed by atoms with E-state index in [2.05, 4.69) is 5.32 Å². The Balaban J connectivity index is 1.72. The SMILES string of the molecule is CCOc1cc(CNc2ccc(OC)cc2)cc(Cl)c1OCc1cccc(Cl)c1.